The van der Waals surface area contributed by atoms with Crippen LogP contribution in [0.5, 0.6) is 0 Å². The van der Waals surface area contributed by atoms with E-state index < -0.39 is 0 Å². The molecule has 0 saturated heterocycles. The van der Waals surface area contributed by atoms with Crippen LogP contribution in [0.2, 0.25) is 0 Å². The Morgan fingerprint density at radius 3 is 2.69 bits per heavy atom. The van der Waals surface area contributed by atoms with Crippen LogP contribution in [0.25, 0.3) is 27.6 Å². The van der Waals surface area contributed by atoms with Crippen molar-refractivity contribution < 1.29 is 4.79 Å². The molecule has 2 aromatic carbocycles. The lowest BCUT2D eigenvalue weighted by molar-refractivity contribution is 0.102. The third-order valence-electron chi connectivity index (χ3n) is 4.94. The second-order valence-electron chi connectivity index (χ2n) is 6.75. The molecule has 6 heteroatoms. The van der Waals surface area contributed by atoms with Crippen LogP contribution >= 0.6 is 0 Å². The Morgan fingerprint density at radius 2 is 1.76 bits per heavy atom. The molecule has 0 atom stereocenters. The van der Waals surface area contributed by atoms with Crippen LogP contribution in [0.1, 0.15) is 16.1 Å². The Bertz CT molecular complexity index is 1370. The molecular weight excluding hydrogens is 362 g/mol. The molecule has 0 radical (unpaired) electrons. The Labute approximate surface area is 166 Å². The highest BCUT2D eigenvalue weighted by Crippen LogP contribution is 2.22. The highest BCUT2D eigenvalue weighted by Gasteiger charge is 2.17. The number of hydrogen-bond donors (Lipinski definition) is 1. The van der Waals surface area contributed by atoms with Gasteiger partial charge in [0.15, 0.2) is 5.82 Å². The number of fused-ring (bicyclic) bond motifs is 2. The Balaban J connectivity index is 1.49. The quantitative estimate of drug-likeness (QED) is 0.500. The van der Waals surface area contributed by atoms with Crippen LogP contribution in [-0.2, 0) is 0 Å². The number of aromatic nitrogens is 4. The fourth-order valence-electron chi connectivity index (χ4n) is 3.43. The maximum absolute atomic E-state index is 12.9. The second-order valence-corrected chi connectivity index (χ2v) is 6.75. The minimum absolute atomic E-state index is 0.229. The van der Waals surface area contributed by atoms with Crippen molar-refractivity contribution >= 4 is 33.4 Å². The summed E-state index contributed by atoms with van der Waals surface area (Å²) < 4.78 is 1.68. The Morgan fingerprint density at radius 1 is 0.931 bits per heavy atom. The summed E-state index contributed by atoms with van der Waals surface area (Å²) in [6.45, 7) is 1.86. The zero-order valence-corrected chi connectivity index (χ0v) is 15.7. The number of para-hydroxylation sites is 2. The standard InChI is InChI=1S/C23H17N5O/c1-15-18(23(29)27-20-10-4-7-17-8-5-13-24-22(17)20)14-25-28(15)21-12-11-16-6-2-3-9-19(16)26-21/h2-14H,1H3,(H,27,29). The van der Waals surface area contributed by atoms with Crippen LogP contribution in [0, 0.1) is 6.92 Å². The van der Waals surface area contributed by atoms with Crippen LogP contribution < -0.4 is 5.32 Å². The molecule has 29 heavy (non-hydrogen) atoms. The highest BCUT2D eigenvalue weighted by molar-refractivity contribution is 6.08. The third kappa shape index (κ3) is 3.00. The molecule has 0 aliphatic carbocycles. The smallest absolute Gasteiger partial charge is 0.259 e. The lowest BCUT2D eigenvalue weighted by Crippen LogP contribution is -2.13. The number of anilines is 1. The van der Waals surface area contributed by atoms with Gasteiger partial charge in [0, 0.05) is 17.0 Å². The molecule has 0 aliphatic rings. The van der Waals surface area contributed by atoms with Crippen LogP contribution in [-0.4, -0.2) is 25.7 Å². The fourth-order valence-corrected chi connectivity index (χ4v) is 3.43. The van der Waals surface area contributed by atoms with Gasteiger partial charge in [0.25, 0.3) is 5.91 Å². The molecule has 1 N–H and O–H groups in total. The van der Waals surface area contributed by atoms with Crippen LogP contribution in [0.3, 0.4) is 0 Å². The van der Waals surface area contributed by atoms with E-state index in [1.165, 1.54) is 0 Å². The highest BCUT2D eigenvalue weighted by atomic mass is 16.1. The van der Waals surface area contributed by atoms with Crippen molar-refractivity contribution in [3.63, 3.8) is 0 Å². The van der Waals surface area contributed by atoms with Crippen molar-refractivity contribution in [2.24, 2.45) is 0 Å². The van der Waals surface area contributed by atoms with Gasteiger partial charge in [-0.3, -0.25) is 9.78 Å². The summed E-state index contributed by atoms with van der Waals surface area (Å²) in [4.78, 5) is 22.0. The molecule has 0 spiro atoms. The van der Waals surface area contributed by atoms with Gasteiger partial charge in [0.05, 0.1) is 34.2 Å². The number of carbonyl (C=O) groups is 1. The van der Waals surface area contributed by atoms with Gasteiger partial charge in [-0.05, 0) is 37.3 Å². The van der Waals surface area contributed by atoms with Crippen LogP contribution in [0.4, 0.5) is 5.69 Å². The summed E-state index contributed by atoms with van der Waals surface area (Å²) >= 11 is 0. The molecule has 0 bridgehead atoms. The van der Waals surface area contributed by atoms with Gasteiger partial charge in [-0.1, -0.05) is 36.4 Å². The van der Waals surface area contributed by atoms with E-state index in [0.717, 1.165) is 27.5 Å². The summed E-state index contributed by atoms with van der Waals surface area (Å²) in [6.07, 6.45) is 3.28. The van der Waals surface area contributed by atoms with Gasteiger partial charge in [-0.25, -0.2) is 9.67 Å². The van der Waals surface area contributed by atoms with Gasteiger partial charge in [0.2, 0.25) is 0 Å². The number of benzene rings is 2. The summed E-state index contributed by atoms with van der Waals surface area (Å²) in [5, 5.41) is 9.39. The molecule has 0 unspecified atom stereocenters. The van der Waals surface area contributed by atoms with E-state index in [9.17, 15) is 4.79 Å². The summed E-state index contributed by atoms with van der Waals surface area (Å²) in [5.41, 5.74) is 3.52. The molecule has 3 heterocycles. The Kier molecular flexibility index (Phi) is 4.02. The predicted octanol–water partition coefficient (Wildman–Crippen LogP) is 4.53. The van der Waals surface area contributed by atoms with Gasteiger partial charge in [-0.15, -0.1) is 0 Å². The number of rotatable bonds is 3. The molecule has 1 amide bonds. The normalized spacial score (nSPS) is 11.1. The molecule has 0 saturated carbocycles. The van der Waals surface area contributed by atoms with E-state index in [-0.39, 0.29) is 5.91 Å². The van der Waals surface area contributed by atoms with E-state index in [2.05, 4.69) is 20.4 Å². The van der Waals surface area contributed by atoms with E-state index in [1.54, 1.807) is 17.1 Å². The molecule has 140 valence electrons. The van der Waals surface area contributed by atoms with Gasteiger partial charge in [-0.2, -0.15) is 5.10 Å². The van der Waals surface area contributed by atoms with E-state index in [0.29, 0.717) is 17.1 Å². The van der Waals surface area contributed by atoms with Gasteiger partial charge >= 0.3 is 0 Å². The first-order valence-electron chi connectivity index (χ1n) is 9.26. The van der Waals surface area contributed by atoms with Crippen molar-refractivity contribution in [3.05, 3.63) is 90.4 Å². The lowest BCUT2D eigenvalue weighted by Gasteiger charge is -2.08. The minimum Gasteiger partial charge on any atom is -0.320 e. The summed E-state index contributed by atoms with van der Waals surface area (Å²) in [7, 11) is 0. The minimum atomic E-state index is -0.229. The summed E-state index contributed by atoms with van der Waals surface area (Å²) in [5.74, 6) is 0.444. The predicted molar refractivity (Wildman–Crippen MR) is 113 cm³/mol. The average Bonchev–Trinajstić information content (AvgIpc) is 3.15. The fraction of sp³-hybridized carbons (Fsp3) is 0.0435. The first-order chi connectivity index (χ1) is 14.2. The molecular formula is C23H17N5O. The van der Waals surface area contributed by atoms with Crippen molar-refractivity contribution in [1.29, 1.82) is 0 Å². The van der Waals surface area contributed by atoms with Crippen molar-refractivity contribution in [2.75, 3.05) is 5.32 Å². The van der Waals surface area contributed by atoms with Crippen molar-refractivity contribution in [2.45, 2.75) is 6.92 Å². The molecule has 0 fully saturated rings. The maximum atomic E-state index is 12.9. The van der Waals surface area contributed by atoms with Crippen LogP contribution in [0.15, 0.2) is 79.1 Å². The monoisotopic (exact) mass is 379 g/mol. The van der Waals surface area contributed by atoms with Crippen molar-refractivity contribution in [1.82, 2.24) is 19.7 Å². The van der Waals surface area contributed by atoms with E-state index >= 15 is 0 Å². The molecule has 5 aromatic rings. The lowest BCUT2D eigenvalue weighted by atomic mass is 10.1. The molecule has 6 nitrogen and oxygen atoms in total. The topological polar surface area (TPSA) is 72.7 Å². The molecule has 5 rings (SSSR count). The van der Waals surface area contributed by atoms with E-state index in [1.807, 2.05) is 73.7 Å². The maximum Gasteiger partial charge on any atom is 0.259 e. The third-order valence-corrected chi connectivity index (χ3v) is 4.94. The van der Waals surface area contributed by atoms with Gasteiger partial charge in [0.1, 0.15) is 0 Å². The number of nitrogens with one attached hydrogen (secondary N) is 1. The zero-order valence-electron chi connectivity index (χ0n) is 15.7. The largest absolute Gasteiger partial charge is 0.320 e. The molecule has 0 aliphatic heterocycles. The van der Waals surface area contributed by atoms with Crippen molar-refractivity contribution in [3.8, 4) is 5.82 Å². The number of pyridine rings is 2. The first kappa shape index (κ1) is 17.1. The average molecular weight is 379 g/mol. The second kappa shape index (κ2) is 6.83. The van der Waals surface area contributed by atoms with E-state index in [4.69, 9.17) is 0 Å². The Hall–Kier alpha value is -4.06. The SMILES string of the molecule is Cc1c(C(=O)Nc2cccc3cccnc23)cnn1-c1ccc2ccccc2n1. The first-order valence-corrected chi connectivity index (χ1v) is 9.26. The number of carbonyl (C=O) groups excluding carboxylic acids is 1. The number of amides is 1. The number of nitrogens with zero attached hydrogens (tertiary/aromatic N) is 4. The molecule has 3 aromatic heterocycles. The zero-order chi connectivity index (χ0) is 19.8. The van der Waals surface area contributed by atoms with Gasteiger partial charge < -0.3 is 5.32 Å². The summed E-state index contributed by atoms with van der Waals surface area (Å²) in [6, 6.07) is 21.3. The number of hydrogen-bond acceptors (Lipinski definition) is 4.